The smallest absolute Gasteiger partial charge is 0.238 e. The number of carbonyl (C=O) groups excluding carboxylic acids is 2. The maximum absolute atomic E-state index is 12.5. The number of hydrogen-bond acceptors (Lipinski definition) is 2. The molecule has 0 aromatic heterocycles. The quantitative estimate of drug-likeness (QED) is 0.435. The highest BCUT2D eigenvalue weighted by atomic mass is 127. The molecule has 3 rings (SSSR count). The second-order valence-corrected chi connectivity index (χ2v) is 6.21. The molecule has 0 spiro atoms. The maximum atomic E-state index is 12.5. The van der Waals surface area contributed by atoms with E-state index in [1.807, 2.05) is 37.3 Å². The lowest BCUT2D eigenvalue weighted by Crippen LogP contribution is -2.31. The minimum absolute atomic E-state index is 0.0375. The molecule has 3 nitrogen and oxygen atoms in total. The molecule has 2 aliphatic rings. The van der Waals surface area contributed by atoms with Gasteiger partial charge >= 0.3 is 0 Å². The van der Waals surface area contributed by atoms with E-state index in [2.05, 4.69) is 22.6 Å². The van der Waals surface area contributed by atoms with E-state index in [9.17, 15) is 9.59 Å². The topological polar surface area (TPSA) is 37.4 Å². The summed E-state index contributed by atoms with van der Waals surface area (Å²) < 4.78 is 1.07. The van der Waals surface area contributed by atoms with E-state index in [4.69, 9.17) is 0 Å². The van der Waals surface area contributed by atoms with E-state index < -0.39 is 0 Å². The first kappa shape index (κ1) is 12.8. The van der Waals surface area contributed by atoms with Gasteiger partial charge in [-0.15, -0.1) is 0 Å². The van der Waals surface area contributed by atoms with Gasteiger partial charge in [-0.1, -0.05) is 18.2 Å². The molecule has 2 atom stereocenters. The molecule has 19 heavy (non-hydrogen) atoms. The Morgan fingerprint density at radius 1 is 1.11 bits per heavy atom. The third-order valence-electron chi connectivity index (χ3n) is 3.99. The van der Waals surface area contributed by atoms with Crippen LogP contribution >= 0.6 is 22.6 Å². The highest BCUT2D eigenvalue weighted by Gasteiger charge is 2.48. The number of anilines is 1. The third kappa shape index (κ3) is 1.93. The molecule has 98 valence electrons. The van der Waals surface area contributed by atoms with Crippen molar-refractivity contribution in [1.29, 1.82) is 0 Å². The summed E-state index contributed by atoms with van der Waals surface area (Å²) >= 11 is 2.23. The molecule has 1 aromatic rings. The molecule has 1 aliphatic carbocycles. The summed E-state index contributed by atoms with van der Waals surface area (Å²) in [5.74, 6) is -0.390. The van der Waals surface area contributed by atoms with Gasteiger partial charge in [0.1, 0.15) is 0 Å². The van der Waals surface area contributed by atoms with Crippen molar-refractivity contribution in [3.63, 3.8) is 0 Å². The molecule has 1 heterocycles. The van der Waals surface area contributed by atoms with Crippen LogP contribution in [-0.2, 0) is 9.59 Å². The average Bonchev–Trinajstić information content (AvgIpc) is 2.67. The Morgan fingerprint density at radius 2 is 1.68 bits per heavy atom. The predicted octanol–water partition coefficient (Wildman–Crippen LogP) is 3.06. The lowest BCUT2D eigenvalue weighted by Gasteiger charge is -2.18. The normalized spacial score (nSPS) is 25.9. The number of rotatable bonds is 1. The predicted molar refractivity (Wildman–Crippen MR) is 81.7 cm³/mol. The van der Waals surface area contributed by atoms with Crippen LogP contribution in [0.1, 0.15) is 18.4 Å². The van der Waals surface area contributed by atoms with Gasteiger partial charge in [0.15, 0.2) is 0 Å². The molecule has 1 fully saturated rings. The van der Waals surface area contributed by atoms with Crippen molar-refractivity contribution >= 4 is 40.1 Å². The molecule has 4 heteroatoms. The van der Waals surface area contributed by atoms with Crippen molar-refractivity contribution in [3.05, 3.63) is 39.5 Å². The SMILES string of the molecule is Cc1c(I)cccc1N1C(=O)[C@H]2CC=CC[C@H]2C1=O. The second-order valence-electron chi connectivity index (χ2n) is 5.05. The van der Waals surface area contributed by atoms with Gasteiger partial charge < -0.3 is 0 Å². The van der Waals surface area contributed by atoms with Crippen LogP contribution in [0.5, 0.6) is 0 Å². The number of amides is 2. The van der Waals surface area contributed by atoms with Crippen LogP contribution in [0.4, 0.5) is 5.69 Å². The van der Waals surface area contributed by atoms with Crippen molar-refractivity contribution in [1.82, 2.24) is 0 Å². The van der Waals surface area contributed by atoms with Crippen LogP contribution in [0.2, 0.25) is 0 Å². The molecule has 0 saturated carbocycles. The Bertz CT molecular complexity index is 568. The second kappa shape index (κ2) is 4.74. The van der Waals surface area contributed by atoms with Crippen LogP contribution in [0.15, 0.2) is 30.4 Å². The zero-order valence-corrected chi connectivity index (χ0v) is 12.8. The molecule has 1 aliphatic heterocycles. The standard InChI is InChI=1S/C15H14INO2/c1-9-12(16)7-4-8-13(9)17-14(18)10-5-2-3-6-11(10)15(17)19/h2-4,7-8,10-11H,5-6H2,1H3/t10-,11+. The van der Waals surface area contributed by atoms with Crippen molar-refractivity contribution in [2.75, 3.05) is 4.90 Å². The molecule has 1 saturated heterocycles. The summed E-state index contributed by atoms with van der Waals surface area (Å²) in [5.41, 5.74) is 1.74. The molecule has 2 amide bonds. The Hall–Kier alpha value is -1.17. The molecule has 0 unspecified atom stereocenters. The van der Waals surface area contributed by atoms with Crippen molar-refractivity contribution in [2.45, 2.75) is 19.8 Å². The fourth-order valence-corrected chi connectivity index (χ4v) is 3.36. The summed E-state index contributed by atoms with van der Waals surface area (Å²) in [6.07, 6.45) is 5.40. The van der Waals surface area contributed by atoms with Crippen LogP contribution in [0.25, 0.3) is 0 Å². The lowest BCUT2D eigenvalue weighted by atomic mass is 9.85. The third-order valence-corrected chi connectivity index (χ3v) is 5.16. The van der Waals surface area contributed by atoms with Gasteiger partial charge in [0.05, 0.1) is 17.5 Å². The number of allylic oxidation sites excluding steroid dienone is 2. The largest absolute Gasteiger partial charge is 0.274 e. The van der Waals surface area contributed by atoms with Crippen LogP contribution in [0.3, 0.4) is 0 Å². The highest BCUT2D eigenvalue weighted by Crippen LogP contribution is 2.39. The highest BCUT2D eigenvalue weighted by molar-refractivity contribution is 14.1. The number of halogens is 1. The van der Waals surface area contributed by atoms with Crippen LogP contribution < -0.4 is 4.90 Å². The summed E-state index contributed by atoms with van der Waals surface area (Å²) in [7, 11) is 0. The first-order chi connectivity index (χ1) is 9.11. The fourth-order valence-electron chi connectivity index (χ4n) is 2.88. The Labute approximate surface area is 125 Å². The van der Waals surface area contributed by atoms with E-state index in [0.29, 0.717) is 12.8 Å². The monoisotopic (exact) mass is 367 g/mol. The van der Waals surface area contributed by atoms with E-state index in [1.54, 1.807) is 0 Å². The molecule has 0 radical (unpaired) electrons. The summed E-state index contributed by atoms with van der Waals surface area (Å²) in [4.78, 5) is 26.4. The van der Waals surface area contributed by atoms with Gasteiger partial charge in [0, 0.05) is 3.57 Å². The van der Waals surface area contributed by atoms with Crippen molar-refractivity contribution in [3.8, 4) is 0 Å². The summed E-state index contributed by atoms with van der Waals surface area (Å²) in [6.45, 7) is 1.96. The van der Waals surface area contributed by atoms with Crippen molar-refractivity contribution in [2.24, 2.45) is 11.8 Å². The van der Waals surface area contributed by atoms with Crippen LogP contribution in [-0.4, -0.2) is 11.8 Å². The summed E-state index contributed by atoms with van der Waals surface area (Å²) in [5, 5.41) is 0. The Balaban J connectivity index is 2.04. The van der Waals surface area contributed by atoms with E-state index in [0.717, 1.165) is 14.8 Å². The van der Waals surface area contributed by atoms with E-state index in [1.165, 1.54) is 4.90 Å². The number of nitrogens with zero attached hydrogens (tertiary/aromatic N) is 1. The van der Waals surface area contributed by atoms with Gasteiger partial charge in [0.2, 0.25) is 11.8 Å². The number of imide groups is 1. The van der Waals surface area contributed by atoms with Gasteiger partial charge in [-0.2, -0.15) is 0 Å². The van der Waals surface area contributed by atoms with Gasteiger partial charge in [0.25, 0.3) is 0 Å². The van der Waals surface area contributed by atoms with Gasteiger partial charge in [-0.25, -0.2) is 4.90 Å². The Morgan fingerprint density at radius 3 is 2.26 bits per heavy atom. The lowest BCUT2D eigenvalue weighted by molar-refractivity contribution is -0.122. The minimum atomic E-state index is -0.158. The number of fused-ring (bicyclic) bond motifs is 1. The average molecular weight is 367 g/mol. The molecule has 0 N–H and O–H groups in total. The summed E-state index contributed by atoms with van der Waals surface area (Å²) in [6, 6.07) is 5.74. The first-order valence-corrected chi connectivity index (χ1v) is 7.47. The van der Waals surface area contributed by atoms with Gasteiger partial charge in [-0.3, -0.25) is 9.59 Å². The fraction of sp³-hybridized carbons (Fsp3) is 0.333. The molecule has 0 bridgehead atoms. The maximum Gasteiger partial charge on any atom is 0.238 e. The Kier molecular flexibility index (Phi) is 3.20. The van der Waals surface area contributed by atoms with Gasteiger partial charge in [-0.05, 0) is 60.1 Å². The van der Waals surface area contributed by atoms with E-state index in [-0.39, 0.29) is 23.7 Å². The number of hydrogen-bond donors (Lipinski definition) is 0. The van der Waals surface area contributed by atoms with Crippen molar-refractivity contribution < 1.29 is 9.59 Å². The van der Waals surface area contributed by atoms with Crippen LogP contribution in [0, 0.1) is 22.3 Å². The zero-order chi connectivity index (χ0) is 13.6. The molecular formula is C15H14INO2. The molecule has 1 aromatic carbocycles. The number of carbonyl (C=O) groups is 2. The molecular weight excluding hydrogens is 353 g/mol. The van der Waals surface area contributed by atoms with E-state index >= 15 is 0 Å². The number of benzene rings is 1. The first-order valence-electron chi connectivity index (χ1n) is 6.39. The zero-order valence-electron chi connectivity index (χ0n) is 10.6. The minimum Gasteiger partial charge on any atom is -0.274 e.